The first-order chi connectivity index (χ1) is 33.1. The fourth-order valence-electron chi connectivity index (χ4n) is 8.95. The van der Waals surface area contributed by atoms with Crippen LogP contribution in [-0.4, -0.2) is 305 Å². The predicted octanol–water partition coefficient (Wildman–Crippen LogP) is -12.1. The van der Waals surface area contributed by atoms with Crippen LogP contribution in [0.2, 0.25) is 0 Å². The van der Waals surface area contributed by atoms with E-state index in [1.165, 1.54) is 6.92 Å². The molecule has 6 saturated heterocycles. The summed E-state index contributed by atoms with van der Waals surface area (Å²) >= 11 is 0. The van der Waals surface area contributed by atoms with Crippen LogP contribution in [0.4, 0.5) is 0 Å². The second kappa shape index (κ2) is 24.5. The minimum absolute atomic E-state index is 0.637. The molecule has 406 valence electrons. The maximum Gasteiger partial charge on any atom is 0.217 e. The van der Waals surface area contributed by atoms with E-state index >= 15 is 0 Å². The minimum atomic E-state index is -2.10. The molecule has 6 aliphatic rings. The Labute approximate surface area is 397 Å². The number of aliphatic hydroxyl groups is 16. The summed E-state index contributed by atoms with van der Waals surface area (Å²) in [6.45, 7) is -1.21. The summed E-state index contributed by atoms with van der Waals surface area (Å²) in [6, 6.07) is -3.42. The first-order valence-corrected chi connectivity index (χ1v) is 22.4. The SMILES string of the molecule is CC(=O)N[C@@H]1[C@@H](O[C@H]2O[C@@H](C)[C@@H](O)[C@@H](O)[C@@H]2O)[C@H](O[C@H]2O[C@H](CO)[C@@H](O[C@@H]3O[C@H](CO)[C@@H](O)[C@H](O[C@@H]4O[C@H](CO)[C@@H](O)[C@H](O)[C@@H]4O)[C@@H]3O[C@@H]3OC[C@@H](O)[C@H](O)[C@H]3O)[C@H](O)[C@H]2NC(C)=O)[C@@H](CO)O[C@H]1O. The Morgan fingerprint density at radius 2 is 0.886 bits per heavy atom. The van der Waals surface area contributed by atoms with E-state index in [1.54, 1.807) is 0 Å². The summed E-state index contributed by atoms with van der Waals surface area (Å²) in [4.78, 5) is 25.2. The Morgan fingerprint density at radius 1 is 0.429 bits per heavy atom. The number of nitrogens with one attached hydrogen (secondary N) is 2. The van der Waals surface area contributed by atoms with E-state index in [1.807, 2.05) is 0 Å². The average molecular weight is 1030 g/mol. The number of aliphatic hydroxyl groups excluding tert-OH is 16. The molecule has 70 heavy (non-hydrogen) atoms. The van der Waals surface area contributed by atoms with Gasteiger partial charge in [0.15, 0.2) is 37.7 Å². The minimum Gasteiger partial charge on any atom is -0.394 e. The van der Waals surface area contributed by atoms with Gasteiger partial charge < -0.3 is 144 Å². The first-order valence-electron chi connectivity index (χ1n) is 22.4. The van der Waals surface area contributed by atoms with Crippen molar-refractivity contribution in [3.63, 3.8) is 0 Å². The Morgan fingerprint density at radius 3 is 1.49 bits per heavy atom. The summed E-state index contributed by atoms with van der Waals surface area (Å²) in [7, 11) is 0. The van der Waals surface area contributed by atoms with Crippen LogP contribution in [0.15, 0.2) is 0 Å². The smallest absolute Gasteiger partial charge is 0.217 e. The highest BCUT2D eigenvalue weighted by Gasteiger charge is 2.58. The zero-order chi connectivity index (χ0) is 51.6. The van der Waals surface area contributed by atoms with E-state index in [9.17, 15) is 91.3 Å². The Bertz CT molecular complexity index is 1680. The highest BCUT2D eigenvalue weighted by atomic mass is 16.8. The van der Waals surface area contributed by atoms with Crippen LogP contribution in [0.5, 0.6) is 0 Å². The van der Waals surface area contributed by atoms with Crippen molar-refractivity contribution in [2.24, 2.45) is 0 Å². The number of hydrogen-bond donors (Lipinski definition) is 18. The number of carbonyl (C=O) groups is 2. The van der Waals surface area contributed by atoms with Gasteiger partial charge in [-0.15, -0.1) is 0 Å². The molecule has 0 spiro atoms. The van der Waals surface area contributed by atoms with Crippen molar-refractivity contribution in [3.8, 4) is 0 Å². The number of ether oxygens (including phenoxy) is 11. The first kappa shape index (κ1) is 57.1. The molecular formula is C39H66N2O29. The molecule has 2 amide bonds. The van der Waals surface area contributed by atoms with Gasteiger partial charge in [0.2, 0.25) is 11.8 Å². The van der Waals surface area contributed by atoms with Crippen molar-refractivity contribution in [2.45, 2.75) is 199 Å². The number of carbonyl (C=O) groups excluding carboxylic acids is 2. The maximum absolute atomic E-state index is 12.8. The molecule has 0 saturated carbocycles. The molecule has 31 heteroatoms. The van der Waals surface area contributed by atoms with Crippen molar-refractivity contribution in [3.05, 3.63) is 0 Å². The van der Waals surface area contributed by atoms with Crippen LogP contribution in [0, 0.1) is 0 Å². The van der Waals surface area contributed by atoms with Crippen LogP contribution in [0.25, 0.3) is 0 Å². The van der Waals surface area contributed by atoms with Crippen molar-refractivity contribution in [1.82, 2.24) is 10.6 Å². The zero-order valence-electron chi connectivity index (χ0n) is 37.7. The monoisotopic (exact) mass is 1030 g/mol. The zero-order valence-corrected chi connectivity index (χ0v) is 37.7. The summed E-state index contributed by atoms with van der Waals surface area (Å²) in [5.41, 5.74) is 0. The van der Waals surface area contributed by atoms with Gasteiger partial charge in [0, 0.05) is 13.8 Å². The maximum atomic E-state index is 12.8. The molecule has 0 aromatic carbocycles. The predicted molar refractivity (Wildman–Crippen MR) is 215 cm³/mol. The van der Waals surface area contributed by atoms with Crippen molar-refractivity contribution >= 4 is 11.8 Å². The third-order valence-electron chi connectivity index (χ3n) is 12.8. The molecule has 6 aliphatic heterocycles. The van der Waals surface area contributed by atoms with E-state index in [-0.39, 0.29) is 0 Å². The van der Waals surface area contributed by atoms with E-state index in [2.05, 4.69) is 10.6 Å². The second-order valence-electron chi connectivity index (χ2n) is 17.8. The van der Waals surface area contributed by atoms with Crippen LogP contribution < -0.4 is 10.6 Å². The lowest BCUT2D eigenvalue weighted by atomic mass is 9.93. The van der Waals surface area contributed by atoms with Gasteiger partial charge in [-0.25, -0.2) is 0 Å². The molecule has 31 nitrogen and oxygen atoms in total. The topological polar surface area (TPSA) is 483 Å². The van der Waals surface area contributed by atoms with Gasteiger partial charge in [-0.2, -0.15) is 0 Å². The molecule has 6 fully saturated rings. The lowest BCUT2D eigenvalue weighted by Crippen LogP contribution is -2.71. The Kier molecular flexibility index (Phi) is 20.0. The number of amides is 2. The Hall–Kier alpha value is -2.14. The molecule has 0 radical (unpaired) electrons. The third kappa shape index (κ3) is 12.2. The van der Waals surface area contributed by atoms with Gasteiger partial charge in [-0.05, 0) is 6.92 Å². The molecule has 0 aromatic rings. The van der Waals surface area contributed by atoms with Gasteiger partial charge in [-0.1, -0.05) is 0 Å². The lowest BCUT2D eigenvalue weighted by Gasteiger charge is -2.51. The molecule has 18 N–H and O–H groups in total. The average Bonchev–Trinajstić information content (AvgIpc) is 3.32. The highest BCUT2D eigenvalue weighted by molar-refractivity contribution is 5.73. The summed E-state index contributed by atoms with van der Waals surface area (Å²) < 4.78 is 64.3. The van der Waals surface area contributed by atoms with Gasteiger partial charge in [0.05, 0.1) is 39.1 Å². The number of rotatable bonds is 16. The quantitative estimate of drug-likeness (QED) is 0.0682. The molecular weight excluding hydrogens is 960 g/mol. The van der Waals surface area contributed by atoms with Crippen LogP contribution in [0.3, 0.4) is 0 Å². The molecule has 0 bridgehead atoms. The lowest BCUT2D eigenvalue weighted by molar-refractivity contribution is -0.402. The van der Waals surface area contributed by atoms with E-state index in [4.69, 9.17) is 52.1 Å². The highest BCUT2D eigenvalue weighted by Crippen LogP contribution is 2.38. The molecule has 29 atom stereocenters. The summed E-state index contributed by atoms with van der Waals surface area (Å²) in [5, 5.41) is 176. The summed E-state index contributed by atoms with van der Waals surface area (Å²) in [5.74, 6) is -1.61. The Balaban J connectivity index is 1.34. The molecule has 6 rings (SSSR count). The van der Waals surface area contributed by atoms with Crippen molar-refractivity contribution < 1.29 is 143 Å². The molecule has 6 heterocycles. The molecule has 0 aliphatic carbocycles. The normalized spacial score (nSPS) is 50.3. The largest absolute Gasteiger partial charge is 0.394 e. The van der Waals surface area contributed by atoms with E-state index in [0.29, 0.717) is 0 Å². The van der Waals surface area contributed by atoms with Crippen LogP contribution in [0.1, 0.15) is 20.8 Å². The van der Waals surface area contributed by atoms with Gasteiger partial charge in [0.1, 0.15) is 134 Å². The number of hydrogen-bond acceptors (Lipinski definition) is 29. The van der Waals surface area contributed by atoms with Crippen molar-refractivity contribution in [1.29, 1.82) is 0 Å². The third-order valence-corrected chi connectivity index (χ3v) is 12.8. The van der Waals surface area contributed by atoms with Gasteiger partial charge >= 0.3 is 0 Å². The van der Waals surface area contributed by atoms with E-state index in [0.717, 1.165) is 13.8 Å². The van der Waals surface area contributed by atoms with Gasteiger partial charge in [0.25, 0.3) is 0 Å². The fourth-order valence-corrected chi connectivity index (χ4v) is 8.95. The van der Waals surface area contributed by atoms with Crippen LogP contribution >= 0.6 is 0 Å². The second-order valence-corrected chi connectivity index (χ2v) is 17.8. The fraction of sp³-hybridized carbons (Fsp3) is 0.949. The van der Waals surface area contributed by atoms with Crippen molar-refractivity contribution in [2.75, 3.05) is 33.0 Å². The van der Waals surface area contributed by atoms with E-state index < -0.39 is 223 Å². The van der Waals surface area contributed by atoms with Gasteiger partial charge in [-0.3, -0.25) is 9.59 Å². The summed E-state index contributed by atoms with van der Waals surface area (Å²) in [6.07, 6.45) is -50.0. The molecule has 0 unspecified atom stereocenters. The molecule has 0 aromatic heterocycles. The van der Waals surface area contributed by atoms with Crippen LogP contribution in [-0.2, 0) is 61.7 Å². The standard InChI is InChI=1S/C39H66N2O29/c1-9-19(49)24(54)27(57)37(61-9)68-31-18(41-11(3)47)34(59)62-16(7-45)30(31)67-35-17(40-10(2)46)23(53)29(15(6-44)65-35)66-39-33(70-36-26(56)20(50)12(48)8-60-36)32(22(52)14(5-43)64-39)69-38-28(58)25(55)21(51)13(4-42)63-38/h9,12-39,42-45,48-59H,4-8H2,1-3H3,(H,40,46)(H,41,47)/t9-,12+,13+,14+,15+,16+,17+,18+,19+,20-,21+,22+,23+,24+,25-,26+,27-,28-,29+,30+,31+,32-,33-,34+,35+,36-,37+,38-,39-/m0/s1.